The Morgan fingerprint density at radius 2 is 0.571 bits per heavy atom. The van der Waals surface area contributed by atoms with Gasteiger partial charge in [-0.2, -0.15) is 0 Å². The van der Waals surface area contributed by atoms with Gasteiger partial charge in [-0.1, -0.05) is 6.92 Å². The van der Waals surface area contributed by atoms with Crippen molar-refractivity contribution >= 4 is 52.1 Å². The molecule has 0 bridgehead atoms. The quantitative estimate of drug-likeness (QED) is 0.127. The molecular weight excluding hydrogens is 1170 g/mol. The Hall–Kier alpha value is 0.701. The first-order valence-electron chi connectivity index (χ1n) is 34.6. The van der Waals surface area contributed by atoms with Crippen LogP contribution in [0.3, 0.4) is 0 Å². The van der Waals surface area contributed by atoms with Gasteiger partial charge in [0.25, 0.3) is 0 Å². The molecule has 6 aliphatic carbocycles. The second-order valence-corrected chi connectivity index (χ2v) is 51.6. The predicted molar refractivity (Wildman–Crippen MR) is 339 cm³/mol. The van der Waals surface area contributed by atoms with E-state index in [0.29, 0.717) is 99.1 Å². The summed E-state index contributed by atoms with van der Waals surface area (Å²) in [6.45, 7) is 41.3. The summed E-state index contributed by atoms with van der Waals surface area (Å²) < 4.78 is 110. The summed E-state index contributed by atoms with van der Waals surface area (Å²) >= 11 is 0. The van der Waals surface area contributed by atoms with Crippen LogP contribution in [-0.2, 0) is 69.2 Å². The molecule has 0 aromatic carbocycles. The molecule has 12 fully saturated rings. The van der Waals surface area contributed by atoms with Crippen LogP contribution in [-0.4, -0.2) is 184 Å². The Balaban J connectivity index is 1.15. The fourth-order valence-electron chi connectivity index (χ4n) is 24.0. The first kappa shape index (κ1) is 64.8. The number of hydrogen-bond acceptors (Lipinski definition) is 15. The Kier molecular flexibility index (Phi) is 17.8. The van der Waals surface area contributed by atoms with Gasteiger partial charge in [0.05, 0.1) is 59.5 Å². The molecule has 21 heteroatoms. The van der Waals surface area contributed by atoms with Crippen LogP contribution in [0, 0.1) is 37.9 Å². The third kappa shape index (κ3) is 8.44. The summed E-state index contributed by atoms with van der Waals surface area (Å²) in [4.78, 5) is 0. The monoisotopic (exact) mass is 1280 g/mol. The van der Waals surface area contributed by atoms with E-state index in [2.05, 4.69) is 85.5 Å². The molecule has 12 unspecified atom stereocenters. The fraction of sp³-hybridized carbons (Fsp3) is 1.00. The maximum absolute atomic E-state index is 8.13. The standard InChI is InChI=1S/C63H116O15Si6/c1-14-57(51-24-27-54(51)21-15-36-64-45-48-67-39-18-42-70-61(54)58(73-61,33-30-51)82(8,9)76-79(2)3,52-25-28-55(52)22-16-37-65-46-49-68-40-19-43-71-62(55)59(74-62,34-31-52)83(10,11)77-80(4)5)53-26-29-56(53)23-17-38-66-47-50-69-41-20-44-72-63(56)60(75-63,35-32-53)84(12,13)78-81(6)7/h79-81H,14-50H2,1-13H3. The van der Waals surface area contributed by atoms with Crippen molar-refractivity contribution in [1.82, 2.24) is 0 Å². The van der Waals surface area contributed by atoms with E-state index in [4.69, 9.17) is 69.2 Å². The second-order valence-electron chi connectivity index (χ2n) is 31.0. The minimum Gasteiger partial charge on any atom is -0.456 e. The molecule has 0 amide bonds. The van der Waals surface area contributed by atoms with Gasteiger partial charge in [0, 0.05) is 55.9 Å². The van der Waals surface area contributed by atoms with Gasteiger partial charge >= 0.3 is 0 Å². The fourth-order valence-corrected chi connectivity index (χ4v) is 47.1. The summed E-state index contributed by atoms with van der Waals surface area (Å²) in [6.07, 6.45) is 21.9. The van der Waals surface area contributed by atoms with Crippen molar-refractivity contribution in [2.75, 3.05) is 99.1 Å². The normalized spacial score (nSPS) is 46.0. The molecule has 12 aliphatic rings. The Labute approximate surface area is 515 Å². The third-order valence-electron chi connectivity index (χ3n) is 26.2. The molecule has 0 N–H and O–H groups in total. The maximum atomic E-state index is 8.13. The molecule has 84 heavy (non-hydrogen) atoms. The molecule has 0 radical (unpaired) electrons. The van der Waals surface area contributed by atoms with E-state index >= 15 is 0 Å². The van der Waals surface area contributed by atoms with Crippen molar-refractivity contribution < 1.29 is 69.2 Å². The van der Waals surface area contributed by atoms with Crippen LogP contribution in [0.5, 0.6) is 0 Å². The van der Waals surface area contributed by atoms with E-state index in [0.717, 1.165) is 141 Å². The molecule has 6 saturated carbocycles. The molecule has 6 saturated heterocycles. The zero-order valence-electron chi connectivity index (χ0n) is 55.0. The minimum absolute atomic E-state index is 0.224. The van der Waals surface area contributed by atoms with E-state index in [1.165, 1.54) is 0 Å². The number of epoxide rings is 3. The predicted octanol–water partition coefficient (Wildman–Crippen LogP) is 11.4. The van der Waals surface area contributed by atoms with Crippen LogP contribution < -0.4 is 0 Å². The van der Waals surface area contributed by atoms with Gasteiger partial charge in [0.15, 0.2) is 27.1 Å². The van der Waals surface area contributed by atoms with Gasteiger partial charge < -0.3 is 69.2 Å². The Morgan fingerprint density at radius 3 is 0.798 bits per heavy atom. The lowest BCUT2D eigenvalue weighted by molar-refractivity contribution is -0.439. The minimum atomic E-state index is -2.61. The van der Waals surface area contributed by atoms with E-state index in [9.17, 15) is 0 Å². The zero-order valence-corrected chi connectivity index (χ0v) is 61.5. The van der Waals surface area contributed by atoms with E-state index < -0.39 is 85.1 Å². The number of rotatable bonds is 13. The van der Waals surface area contributed by atoms with Crippen LogP contribution >= 0.6 is 0 Å². The second kappa shape index (κ2) is 23.0. The van der Waals surface area contributed by atoms with Gasteiger partial charge in [-0.05, 0) is 241 Å². The van der Waals surface area contributed by atoms with Crippen LogP contribution in [0.15, 0.2) is 0 Å². The average Bonchev–Trinajstić information content (AvgIpc) is 1.35. The van der Waals surface area contributed by atoms with Crippen LogP contribution in [0.4, 0.5) is 0 Å². The molecule has 6 heterocycles. The lowest BCUT2D eigenvalue weighted by Gasteiger charge is -2.88. The molecule has 12 atom stereocenters. The van der Waals surface area contributed by atoms with E-state index in [-0.39, 0.29) is 37.9 Å². The van der Waals surface area contributed by atoms with Crippen LogP contribution in [0.25, 0.3) is 0 Å². The summed E-state index contributed by atoms with van der Waals surface area (Å²) in [5.41, 5.74) is -2.00. The first-order chi connectivity index (χ1) is 40.0. The van der Waals surface area contributed by atoms with Gasteiger partial charge in [0.2, 0.25) is 42.3 Å². The van der Waals surface area contributed by atoms with Crippen LogP contribution in [0.2, 0.25) is 78.6 Å². The summed E-state index contributed by atoms with van der Waals surface area (Å²) in [6, 6.07) is 0. The van der Waals surface area contributed by atoms with Gasteiger partial charge in [-0.25, -0.2) is 0 Å². The third-order valence-corrected chi connectivity index (χ3v) is 46.8. The van der Waals surface area contributed by atoms with Crippen molar-refractivity contribution in [2.24, 2.45) is 37.9 Å². The number of hydrogen-bond donors (Lipinski definition) is 0. The van der Waals surface area contributed by atoms with E-state index in [1.807, 2.05) is 0 Å². The van der Waals surface area contributed by atoms with Crippen molar-refractivity contribution in [3.05, 3.63) is 0 Å². The highest BCUT2D eigenvalue weighted by Crippen LogP contribution is 3.00. The average molecular weight is 1280 g/mol. The highest BCUT2D eigenvalue weighted by molar-refractivity contribution is 6.82. The Bertz CT molecular complexity index is 2110. The summed E-state index contributed by atoms with van der Waals surface area (Å²) in [5.74, 6) is -2.45. The van der Waals surface area contributed by atoms with Gasteiger partial charge in [0.1, 0.15) is 15.7 Å². The SMILES string of the molecule is CCC(C12CCC13CCCOCCOCCCOC31OC1([Si](C)(C)O[SiH](C)C)CC2)(C12CCC13CCCOCCOCCCOC31OC1([Si](C)(C)O[SiH](C)C)CC2)C12CCC13CCCOCCOCCCOC31OC1([Si](C)(C)O[SiH](C)C)CC2. The molecule has 0 aromatic rings. The van der Waals surface area contributed by atoms with Crippen molar-refractivity contribution in [3.8, 4) is 0 Å². The zero-order chi connectivity index (χ0) is 59.5. The maximum Gasteiger partial charge on any atom is 0.213 e. The first-order valence-corrected chi connectivity index (χ1v) is 51.6. The lowest BCUT2D eigenvalue weighted by Crippen LogP contribution is -2.87. The molecule has 15 nitrogen and oxygen atoms in total. The molecule has 6 spiro atoms. The molecular formula is C63H116O15Si6. The summed E-state index contributed by atoms with van der Waals surface area (Å²) in [7, 11) is -12.3. The van der Waals surface area contributed by atoms with Gasteiger partial charge in [-0.3, -0.25) is 0 Å². The largest absolute Gasteiger partial charge is 0.456 e. The van der Waals surface area contributed by atoms with Crippen molar-refractivity contribution in [1.29, 1.82) is 0 Å². The van der Waals surface area contributed by atoms with Gasteiger partial charge in [-0.15, -0.1) is 0 Å². The summed E-state index contributed by atoms with van der Waals surface area (Å²) in [5, 5.41) is -1.45. The molecule has 0 aromatic heterocycles. The van der Waals surface area contributed by atoms with E-state index in [1.54, 1.807) is 0 Å². The number of ether oxygens (including phenoxy) is 12. The van der Waals surface area contributed by atoms with Crippen molar-refractivity contribution in [2.45, 2.75) is 260 Å². The van der Waals surface area contributed by atoms with Crippen molar-refractivity contribution in [3.63, 3.8) is 0 Å². The van der Waals surface area contributed by atoms with Crippen LogP contribution in [0.1, 0.15) is 148 Å². The Morgan fingerprint density at radius 1 is 0.321 bits per heavy atom. The highest BCUT2D eigenvalue weighted by Gasteiger charge is 3.03. The molecule has 6 aliphatic heterocycles. The lowest BCUT2D eigenvalue weighted by atomic mass is 9.15. The highest BCUT2D eigenvalue weighted by atomic mass is 28.4. The topological polar surface area (TPSA) is 148 Å². The molecule has 482 valence electrons. The smallest absolute Gasteiger partial charge is 0.213 e. The molecule has 12 rings (SSSR count).